The van der Waals surface area contributed by atoms with E-state index in [1.807, 2.05) is 55.4 Å². The highest BCUT2D eigenvalue weighted by molar-refractivity contribution is 8.18. The third kappa shape index (κ3) is 5.81. The molecule has 0 radical (unpaired) electrons. The number of carbonyl (C=O) groups excluding carboxylic acids is 3. The van der Waals surface area contributed by atoms with Gasteiger partial charge in [-0.15, -0.1) is 0 Å². The summed E-state index contributed by atoms with van der Waals surface area (Å²) in [7, 11) is 5.60. The molecule has 3 N–H and O–H groups in total. The number of nitrogens with two attached hydrogens (primary N) is 1. The van der Waals surface area contributed by atoms with Gasteiger partial charge in [0.05, 0.1) is 15.3 Å². The van der Waals surface area contributed by atoms with Crippen molar-refractivity contribution in [3.8, 4) is 0 Å². The molecule has 0 atom stereocenters. The molecule has 1 fully saturated rings. The first kappa shape index (κ1) is 26.1. The van der Waals surface area contributed by atoms with Gasteiger partial charge >= 0.3 is 0 Å². The molecule has 39 heavy (non-hydrogen) atoms. The first-order valence-corrected chi connectivity index (χ1v) is 13.1. The van der Waals surface area contributed by atoms with Gasteiger partial charge in [-0.05, 0) is 71.1 Å². The Bertz CT molecular complexity index is 1760. The molecular weight excluding hydrogens is 538 g/mol. The van der Waals surface area contributed by atoms with E-state index in [4.69, 9.17) is 5.73 Å². The van der Waals surface area contributed by atoms with E-state index < -0.39 is 0 Å². The summed E-state index contributed by atoms with van der Waals surface area (Å²) in [5.41, 5.74) is 9.65. The number of fused-ring (bicyclic) bond motifs is 2. The van der Waals surface area contributed by atoms with Crippen molar-refractivity contribution in [2.24, 2.45) is 17.8 Å². The molecule has 2 aromatic heterocycles. The number of hydrogen-bond donors (Lipinski definition) is 2. The Kier molecular flexibility index (Phi) is 7.13. The zero-order valence-corrected chi connectivity index (χ0v) is 22.6. The molecule has 0 aliphatic carbocycles. The van der Waals surface area contributed by atoms with Crippen molar-refractivity contribution < 1.29 is 14.4 Å². The van der Waals surface area contributed by atoms with Gasteiger partial charge in [-0.2, -0.15) is 20.0 Å². The van der Waals surface area contributed by atoms with E-state index in [2.05, 4.69) is 30.5 Å². The molecule has 2 aromatic carbocycles. The van der Waals surface area contributed by atoms with Gasteiger partial charge in [0.1, 0.15) is 23.2 Å². The van der Waals surface area contributed by atoms with Crippen LogP contribution in [0.3, 0.4) is 0 Å². The number of nitrogens with one attached hydrogen (secondary N) is 1. The van der Waals surface area contributed by atoms with E-state index in [1.54, 1.807) is 25.5 Å². The summed E-state index contributed by atoms with van der Waals surface area (Å²) < 4.78 is 0. The number of hydrogen-bond acceptors (Lipinski definition) is 11. The maximum atomic E-state index is 11.6. The summed E-state index contributed by atoms with van der Waals surface area (Å²) in [6.07, 6.45) is 4.99. The molecule has 0 saturated carbocycles. The Morgan fingerprint density at radius 2 is 1.59 bits per heavy atom. The molecule has 6 rings (SSSR count). The van der Waals surface area contributed by atoms with Crippen molar-refractivity contribution in [3.05, 3.63) is 63.7 Å². The van der Waals surface area contributed by atoms with E-state index in [0.717, 1.165) is 50.6 Å². The average molecular weight is 560 g/mol. The average Bonchev–Trinajstić information content (AvgIpc) is 3.52. The number of anilines is 1. The van der Waals surface area contributed by atoms with Crippen molar-refractivity contribution in [1.29, 1.82) is 0 Å². The maximum absolute atomic E-state index is 11.6. The van der Waals surface area contributed by atoms with Crippen LogP contribution in [-0.4, -0.2) is 61.3 Å². The highest BCUT2D eigenvalue weighted by atomic mass is 32.2. The predicted molar refractivity (Wildman–Crippen MR) is 154 cm³/mol. The Morgan fingerprint density at radius 1 is 0.897 bits per heavy atom. The lowest BCUT2D eigenvalue weighted by Crippen LogP contribution is -2.17. The summed E-state index contributed by atoms with van der Waals surface area (Å²) in [4.78, 5) is 50.6. The summed E-state index contributed by atoms with van der Waals surface area (Å²) in [6, 6.07) is 11.3. The van der Waals surface area contributed by atoms with E-state index in [-0.39, 0.29) is 22.2 Å². The topological polar surface area (TPSA) is 161 Å². The number of nitrogens with zero attached hydrogens (tertiary/aromatic N) is 7. The minimum absolute atomic E-state index is 0.282. The lowest BCUT2D eigenvalue weighted by Gasteiger charge is -2.13. The molecule has 196 valence electrons. The van der Waals surface area contributed by atoms with Crippen LogP contribution in [0.5, 0.6) is 0 Å². The van der Waals surface area contributed by atoms with Crippen LogP contribution in [0.25, 0.3) is 34.1 Å². The first-order chi connectivity index (χ1) is 18.7. The number of thioether (sulfide) groups is 2. The van der Waals surface area contributed by atoms with Crippen molar-refractivity contribution in [2.45, 2.75) is 0 Å². The Morgan fingerprint density at radius 3 is 2.26 bits per heavy atom. The van der Waals surface area contributed by atoms with Crippen LogP contribution in [-0.2, 0) is 16.6 Å². The zero-order chi connectivity index (χ0) is 27.7. The van der Waals surface area contributed by atoms with Gasteiger partial charge in [0.25, 0.3) is 17.1 Å². The maximum Gasteiger partial charge on any atom is 0.290 e. The van der Waals surface area contributed by atoms with Crippen LogP contribution >= 0.6 is 23.5 Å². The lowest BCUT2D eigenvalue weighted by atomic mass is 10.1. The lowest BCUT2D eigenvalue weighted by molar-refractivity contribution is -0.115. The van der Waals surface area contributed by atoms with Gasteiger partial charge in [-0.3, -0.25) is 19.7 Å². The van der Waals surface area contributed by atoms with Crippen LogP contribution in [0.2, 0.25) is 0 Å². The number of carbonyl (C=O) groups is 3. The summed E-state index contributed by atoms with van der Waals surface area (Å²) in [5.74, 6) is 0.181. The second-order valence-corrected chi connectivity index (χ2v) is 10.6. The second kappa shape index (κ2) is 10.7. The molecule has 0 bridgehead atoms. The van der Waals surface area contributed by atoms with Crippen LogP contribution in [0.15, 0.2) is 57.5 Å². The van der Waals surface area contributed by atoms with E-state index in [1.165, 1.54) is 16.6 Å². The first-order valence-electron chi connectivity index (χ1n) is 11.4. The number of aromatic nitrogens is 5. The zero-order valence-electron chi connectivity index (χ0n) is 20.9. The molecule has 1 saturated heterocycles. The second-order valence-electron chi connectivity index (χ2n) is 8.52. The van der Waals surface area contributed by atoms with Gasteiger partial charge in [0, 0.05) is 26.5 Å². The quantitative estimate of drug-likeness (QED) is 0.355. The van der Waals surface area contributed by atoms with Gasteiger partial charge in [-0.25, -0.2) is 9.97 Å². The molecule has 0 spiro atoms. The summed E-state index contributed by atoms with van der Waals surface area (Å²) in [5, 5.41) is 11.4. The number of aryl methyl sites for hydroxylation is 1. The van der Waals surface area contributed by atoms with Crippen LogP contribution in [0.1, 0.15) is 11.1 Å². The smallest absolute Gasteiger partial charge is 0.290 e. The molecule has 0 unspecified atom stereocenters. The Labute approximate surface area is 230 Å². The fourth-order valence-corrected chi connectivity index (χ4v) is 5.15. The van der Waals surface area contributed by atoms with Crippen LogP contribution in [0, 0.1) is 0 Å². The third-order valence-corrected chi connectivity index (χ3v) is 7.06. The highest BCUT2D eigenvalue weighted by Gasteiger charge is 2.25. The van der Waals surface area contributed by atoms with Crippen molar-refractivity contribution in [2.75, 3.05) is 19.0 Å². The number of rotatable bonds is 3. The third-order valence-electron chi connectivity index (χ3n) is 5.44. The Hall–Kier alpha value is -4.56. The number of benzene rings is 2. The minimum Gasteiger partial charge on any atom is -0.378 e. The fraction of sp³-hybridized carbons (Fsp3) is 0.120. The molecule has 2 aliphatic heterocycles. The van der Waals surface area contributed by atoms with Crippen molar-refractivity contribution >= 4 is 85.7 Å². The van der Waals surface area contributed by atoms with Crippen LogP contribution in [0.4, 0.5) is 10.6 Å². The fourth-order valence-electron chi connectivity index (χ4n) is 3.79. The normalized spacial score (nSPS) is 17.1. The monoisotopic (exact) mass is 559 g/mol. The molecule has 4 heterocycles. The van der Waals surface area contributed by atoms with Gasteiger partial charge in [0.15, 0.2) is 5.17 Å². The van der Waals surface area contributed by atoms with E-state index in [0.29, 0.717) is 9.81 Å². The van der Waals surface area contributed by atoms with Crippen molar-refractivity contribution in [1.82, 2.24) is 30.3 Å². The number of imide groups is 1. The number of aliphatic imine (C=N–C) groups is 1. The molecule has 2 aliphatic rings. The molecule has 14 heteroatoms. The standard InChI is InChI=1S/C14H13N5OS.C11H8N4O2S/c1-19(2)12-9-5-8(3-4-10(9)16-7-17-12)6-11-13(20)18-14(15)21-11;1-15-13-7-3-2-6(4-8(7)14-15)5-9-10(16)12-11(17)18-9/h3-7H,1-2H3,(H2,15,18,20);2-5H,1H3,(H,12,16,17). The summed E-state index contributed by atoms with van der Waals surface area (Å²) in [6.45, 7) is 0. The summed E-state index contributed by atoms with van der Waals surface area (Å²) >= 11 is 2.08. The van der Waals surface area contributed by atoms with Crippen molar-refractivity contribution in [3.63, 3.8) is 0 Å². The minimum atomic E-state index is -0.357. The predicted octanol–water partition coefficient (Wildman–Crippen LogP) is 2.92. The largest absolute Gasteiger partial charge is 0.378 e. The highest BCUT2D eigenvalue weighted by Crippen LogP contribution is 2.29. The van der Waals surface area contributed by atoms with Gasteiger partial charge in [0.2, 0.25) is 0 Å². The van der Waals surface area contributed by atoms with Crippen LogP contribution < -0.4 is 16.0 Å². The van der Waals surface area contributed by atoms with Gasteiger partial charge in [-0.1, -0.05) is 12.1 Å². The van der Waals surface area contributed by atoms with Gasteiger partial charge < -0.3 is 10.6 Å². The molecular formula is C25H21N9O3S2. The van der Waals surface area contributed by atoms with E-state index >= 15 is 0 Å². The molecule has 12 nitrogen and oxygen atoms in total. The molecule has 3 amide bonds. The number of amides is 3. The van der Waals surface area contributed by atoms with E-state index in [9.17, 15) is 14.4 Å². The number of amidine groups is 1. The molecule has 4 aromatic rings. The Balaban J connectivity index is 0.000000160. The SMILES string of the molecule is CN(C)c1ncnc2ccc(C=C3SC(N)=NC3=O)cc12.Cn1nc2ccc(C=C3SC(=O)NC3=O)cc2n1.